The van der Waals surface area contributed by atoms with E-state index in [1.807, 2.05) is 0 Å². The third-order valence-electron chi connectivity index (χ3n) is 4.56. The van der Waals surface area contributed by atoms with Crippen molar-refractivity contribution in [2.45, 2.75) is 51.6 Å². The Balaban J connectivity index is 2.21. The van der Waals surface area contributed by atoms with E-state index in [0.29, 0.717) is 17.9 Å². The van der Waals surface area contributed by atoms with E-state index in [1.54, 1.807) is 6.07 Å². The number of benzene rings is 1. The molecule has 1 aliphatic rings. The molecular formula is C17H20F3N. The number of hydrogen-bond donors (Lipinski definition) is 0. The van der Waals surface area contributed by atoms with Gasteiger partial charge in [0.05, 0.1) is 17.0 Å². The second-order valence-corrected chi connectivity index (χ2v) is 6.14. The van der Waals surface area contributed by atoms with Crippen molar-refractivity contribution >= 4 is 0 Å². The first-order valence-electron chi connectivity index (χ1n) is 7.46. The molecule has 1 aromatic carbocycles. The van der Waals surface area contributed by atoms with Gasteiger partial charge in [-0.3, -0.25) is 0 Å². The molecule has 0 saturated heterocycles. The van der Waals surface area contributed by atoms with Crippen LogP contribution in [-0.4, -0.2) is 0 Å². The molecule has 0 radical (unpaired) electrons. The van der Waals surface area contributed by atoms with Gasteiger partial charge in [0.1, 0.15) is 0 Å². The van der Waals surface area contributed by atoms with Gasteiger partial charge < -0.3 is 0 Å². The second-order valence-electron chi connectivity index (χ2n) is 6.14. The van der Waals surface area contributed by atoms with Crippen LogP contribution >= 0.6 is 0 Å². The maximum absolute atomic E-state index is 12.8. The minimum absolute atomic E-state index is 0.421. The van der Waals surface area contributed by atoms with E-state index in [9.17, 15) is 18.4 Å². The van der Waals surface area contributed by atoms with Gasteiger partial charge in [-0.1, -0.05) is 44.4 Å². The molecule has 0 spiro atoms. The largest absolute Gasteiger partial charge is 0.416 e. The predicted octanol–water partition coefficient (Wildman–Crippen LogP) is 5.36. The minimum atomic E-state index is -4.33. The van der Waals surface area contributed by atoms with Crippen molar-refractivity contribution in [2.75, 3.05) is 0 Å². The van der Waals surface area contributed by atoms with E-state index in [1.165, 1.54) is 12.1 Å². The number of alkyl halides is 3. The molecule has 2 atom stereocenters. The molecule has 1 aliphatic carbocycles. The van der Waals surface area contributed by atoms with Gasteiger partial charge in [-0.05, 0) is 36.8 Å². The summed E-state index contributed by atoms with van der Waals surface area (Å²) in [6.07, 6.45) is 0.838. The Kier molecular flexibility index (Phi) is 4.61. The summed E-state index contributed by atoms with van der Waals surface area (Å²) >= 11 is 0. The molecule has 21 heavy (non-hydrogen) atoms. The third kappa shape index (κ3) is 3.78. The Morgan fingerprint density at radius 3 is 2.76 bits per heavy atom. The Morgan fingerprint density at radius 2 is 2.14 bits per heavy atom. The Hall–Kier alpha value is -1.50. The highest BCUT2D eigenvalue weighted by atomic mass is 19.4. The summed E-state index contributed by atoms with van der Waals surface area (Å²) in [4.78, 5) is 0. The zero-order valence-corrected chi connectivity index (χ0v) is 12.2. The number of nitrogens with zero attached hydrogens (tertiary/aromatic N) is 1. The van der Waals surface area contributed by atoms with Crippen LogP contribution in [-0.2, 0) is 12.6 Å². The fourth-order valence-corrected chi connectivity index (χ4v) is 3.38. The second kappa shape index (κ2) is 6.09. The topological polar surface area (TPSA) is 23.8 Å². The average Bonchev–Trinajstić information content (AvgIpc) is 2.47. The van der Waals surface area contributed by atoms with Crippen LogP contribution in [0.15, 0.2) is 24.3 Å². The van der Waals surface area contributed by atoms with Crippen molar-refractivity contribution in [3.05, 3.63) is 35.4 Å². The van der Waals surface area contributed by atoms with Gasteiger partial charge in [-0.2, -0.15) is 18.4 Å². The number of hydrogen-bond acceptors (Lipinski definition) is 1. The summed E-state index contributed by atoms with van der Waals surface area (Å²) in [6.45, 7) is 2.11. The first kappa shape index (κ1) is 15.9. The molecule has 4 heteroatoms. The molecule has 1 nitrogen and oxygen atoms in total. The van der Waals surface area contributed by atoms with E-state index >= 15 is 0 Å². The molecule has 0 aromatic heterocycles. The van der Waals surface area contributed by atoms with Crippen molar-refractivity contribution in [1.82, 2.24) is 0 Å². The van der Waals surface area contributed by atoms with Crippen molar-refractivity contribution in [1.29, 1.82) is 5.26 Å². The van der Waals surface area contributed by atoms with E-state index in [0.717, 1.165) is 38.2 Å². The van der Waals surface area contributed by atoms with Gasteiger partial charge in [-0.15, -0.1) is 0 Å². The smallest absolute Gasteiger partial charge is 0.198 e. The van der Waals surface area contributed by atoms with E-state index < -0.39 is 17.2 Å². The molecule has 1 saturated carbocycles. The Labute approximate surface area is 123 Å². The molecule has 0 bridgehead atoms. The maximum Gasteiger partial charge on any atom is 0.416 e. The lowest BCUT2D eigenvalue weighted by Crippen LogP contribution is -2.29. The molecule has 0 heterocycles. The zero-order chi connectivity index (χ0) is 15.5. The van der Waals surface area contributed by atoms with Crippen LogP contribution in [0.3, 0.4) is 0 Å². The molecule has 2 rings (SSSR count). The SMILES string of the molecule is CCC1CCCC(C#N)(Cc2cccc(C(F)(F)F)c2)C1. The number of halogens is 3. The summed E-state index contributed by atoms with van der Waals surface area (Å²) in [5.41, 5.74) is -0.512. The number of rotatable bonds is 3. The molecular weight excluding hydrogens is 275 g/mol. The van der Waals surface area contributed by atoms with Crippen LogP contribution in [0.5, 0.6) is 0 Å². The van der Waals surface area contributed by atoms with Gasteiger partial charge in [0.15, 0.2) is 0 Å². The summed E-state index contributed by atoms with van der Waals surface area (Å²) in [6, 6.07) is 7.81. The highest BCUT2D eigenvalue weighted by Crippen LogP contribution is 2.43. The van der Waals surface area contributed by atoms with E-state index in [-0.39, 0.29) is 0 Å². The van der Waals surface area contributed by atoms with Gasteiger partial charge in [0.2, 0.25) is 0 Å². The predicted molar refractivity (Wildman–Crippen MR) is 75.4 cm³/mol. The number of nitriles is 1. The normalized spacial score (nSPS) is 26.3. The fraction of sp³-hybridized carbons (Fsp3) is 0.588. The first-order chi connectivity index (χ1) is 9.88. The highest BCUT2D eigenvalue weighted by molar-refractivity contribution is 5.28. The van der Waals surface area contributed by atoms with Crippen molar-refractivity contribution in [2.24, 2.45) is 11.3 Å². The van der Waals surface area contributed by atoms with Crippen LogP contribution in [0, 0.1) is 22.7 Å². The van der Waals surface area contributed by atoms with Crippen LogP contribution in [0.1, 0.15) is 50.2 Å². The molecule has 0 amide bonds. The fourth-order valence-electron chi connectivity index (χ4n) is 3.38. The van der Waals surface area contributed by atoms with Gasteiger partial charge in [0, 0.05) is 0 Å². The molecule has 1 fully saturated rings. The summed E-state index contributed by atoms with van der Waals surface area (Å²) in [5, 5.41) is 9.57. The summed E-state index contributed by atoms with van der Waals surface area (Å²) < 4.78 is 38.3. The Bertz CT molecular complexity index is 530. The molecule has 2 unspecified atom stereocenters. The Morgan fingerprint density at radius 1 is 1.38 bits per heavy atom. The van der Waals surface area contributed by atoms with E-state index in [4.69, 9.17) is 0 Å². The monoisotopic (exact) mass is 295 g/mol. The third-order valence-corrected chi connectivity index (χ3v) is 4.56. The standard InChI is InChI=1S/C17H20F3N/c1-2-13-6-4-8-16(10-13,12-21)11-14-5-3-7-15(9-14)17(18,19)20/h3,5,7,9,13H,2,4,6,8,10-11H2,1H3. The van der Waals surface area contributed by atoms with Crippen molar-refractivity contribution in [3.8, 4) is 6.07 Å². The van der Waals surface area contributed by atoms with E-state index in [2.05, 4.69) is 13.0 Å². The van der Waals surface area contributed by atoms with Crippen molar-refractivity contribution in [3.63, 3.8) is 0 Å². The quantitative estimate of drug-likeness (QED) is 0.736. The minimum Gasteiger partial charge on any atom is -0.198 e. The van der Waals surface area contributed by atoms with Crippen molar-refractivity contribution < 1.29 is 13.2 Å². The van der Waals surface area contributed by atoms with Crippen LogP contribution < -0.4 is 0 Å². The van der Waals surface area contributed by atoms with Crippen LogP contribution in [0.4, 0.5) is 13.2 Å². The van der Waals surface area contributed by atoms with Gasteiger partial charge in [0.25, 0.3) is 0 Å². The van der Waals surface area contributed by atoms with Crippen LogP contribution in [0.25, 0.3) is 0 Å². The van der Waals surface area contributed by atoms with Gasteiger partial charge in [-0.25, -0.2) is 0 Å². The summed E-state index contributed by atoms with van der Waals surface area (Å²) in [5.74, 6) is 0.518. The average molecular weight is 295 g/mol. The first-order valence-corrected chi connectivity index (χ1v) is 7.46. The molecule has 0 aliphatic heterocycles. The molecule has 0 N–H and O–H groups in total. The highest BCUT2D eigenvalue weighted by Gasteiger charge is 2.37. The molecule has 114 valence electrons. The van der Waals surface area contributed by atoms with Gasteiger partial charge >= 0.3 is 6.18 Å². The lowest BCUT2D eigenvalue weighted by molar-refractivity contribution is -0.137. The lowest BCUT2D eigenvalue weighted by atomic mass is 9.67. The van der Waals surface area contributed by atoms with Crippen LogP contribution in [0.2, 0.25) is 0 Å². The maximum atomic E-state index is 12.8. The molecule has 1 aromatic rings. The summed E-state index contributed by atoms with van der Waals surface area (Å²) in [7, 11) is 0. The zero-order valence-electron chi connectivity index (χ0n) is 12.2. The lowest BCUT2D eigenvalue weighted by Gasteiger charge is -2.35.